The third-order valence-corrected chi connectivity index (χ3v) is 3.15. The molecule has 100 valence electrons. The summed E-state index contributed by atoms with van der Waals surface area (Å²) in [6.07, 6.45) is 2.86. The molecule has 0 fully saturated rings. The molecule has 0 radical (unpaired) electrons. The van der Waals surface area contributed by atoms with Crippen LogP contribution in [0.1, 0.15) is 38.7 Å². The summed E-state index contributed by atoms with van der Waals surface area (Å²) in [5.74, 6) is 0.123. The largest absolute Gasteiger partial charge is 0.328 e. The number of aryl methyl sites for hydroxylation is 1. The van der Waals surface area contributed by atoms with Gasteiger partial charge in [-0.2, -0.15) is 0 Å². The first-order chi connectivity index (χ1) is 8.50. The number of rotatable bonds is 6. The normalized spacial score (nSPS) is 14.0. The van der Waals surface area contributed by atoms with Crippen LogP contribution in [-0.2, 0) is 4.79 Å². The molecule has 1 aromatic carbocycles. The van der Waals surface area contributed by atoms with Crippen LogP contribution >= 0.6 is 0 Å². The number of para-hydroxylation sites is 1. The highest BCUT2D eigenvalue weighted by Gasteiger charge is 2.13. The van der Waals surface area contributed by atoms with E-state index in [1.165, 1.54) is 0 Å². The first-order valence-corrected chi connectivity index (χ1v) is 6.62. The lowest BCUT2D eigenvalue weighted by Crippen LogP contribution is -2.22. The molecule has 0 heterocycles. The molecule has 18 heavy (non-hydrogen) atoms. The van der Waals surface area contributed by atoms with Crippen LogP contribution in [0, 0.1) is 12.8 Å². The number of benzene rings is 1. The van der Waals surface area contributed by atoms with Crippen molar-refractivity contribution in [3.63, 3.8) is 0 Å². The van der Waals surface area contributed by atoms with E-state index in [9.17, 15) is 4.79 Å². The van der Waals surface area contributed by atoms with Crippen molar-refractivity contribution in [3.05, 3.63) is 29.8 Å². The Morgan fingerprint density at radius 2 is 1.94 bits per heavy atom. The molecule has 0 aliphatic heterocycles. The Hall–Kier alpha value is -1.35. The summed E-state index contributed by atoms with van der Waals surface area (Å²) in [5, 5.41) is 2.98. The average Bonchev–Trinajstić information content (AvgIpc) is 2.31. The van der Waals surface area contributed by atoms with E-state index in [1.54, 1.807) is 0 Å². The first-order valence-electron chi connectivity index (χ1n) is 6.62. The van der Waals surface area contributed by atoms with E-state index < -0.39 is 0 Å². The Labute approximate surface area is 110 Å². The predicted molar refractivity (Wildman–Crippen MR) is 76.5 cm³/mol. The van der Waals surface area contributed by atoms with Gasteiger partial charge >= 0.3 is 0 Å². The second kappa shape index (κ2) is 7.17. The first kappa shape index (κ1) is 14.7. The van der Waals surface area contributed by atoms with Crippen LogP contribution in [0.25, 0.3) is 0 Å². The number of hydrogen-bond donors (Lipinski definition) is 2. The van der Waals surface area contributed by atoms with Crippen molar-refractivity contribution in [2.45, 2.75) is 46.1 Å². The highest BCUT2D eigenvalue weighted by Crippen LogP contribution is 2.16. The van der Waals surface area contributed by atoms with E-state index in [1.807, 2.05) is 45.0 Å². The zero-order chi connectivity index (χ0) is 13.5. The fourth-order valence-corrected chi connectivity index (χ4v) is 1.85. The number of amides is 1. The van der Waals surface area contributed by atoms with Crippen LogP contribution in [0.3, 0.4) is 0 Å². The van der Waals surface area contributed by atoms with Crippen molar-refractivity contribution in [2.24, 2.45) is 11.7 Å². The van der Waals surface area contributed by atoms with Crippen molar-refractivity contribution in [1.82, 2.24) is 0 Å². The highest BCUT2D eigenvalue weighted by molar-refractivity contribution is 5.92. The summed E-state index contributed by atoms with van der Waals surface area (Å²) in [4.78, 5) is 12.0. The molecule has 0 saturated carbocycles. The van der Waals surface area contributed by atoms with Gasteiger partial charge in [-0.3, -0.25) is 4.79 Å². The predicted octanol–water partition coefficient (Wildman–Crippen LogP) is 3.09. The minimum Gasteiger partial charge on any atom is -0.328 e. The average molecular weight is 248 g/mol. The summed E-state index contributed by atoms with van der Waals surface area (Å²) in [7, 11) is 0. The second-order valence-corrected chi connectivity index (χ2v) is 5.11. The van der Waals surface area contributed by atoms with Crippen molar-refractivity contribution in [2.75, 3.05) is 5.32 Å². The maximum Gasteiger partial charge on any atom is 0.227 e. The van der Waals surface area contributed by atoms with E-state index in [0.29, 0.717) is 0 Å². The molecule has 2 unspecified atom stereocenters. The number of nitrogens with two attached hydrogens (primary N) is 1. The lowest BCUT2D eigenvalue weighted by atomic mass is 10.0. The van der Waals surface area contributed by atoms with Gasteiger partial charge in [-0.25, -0.2) is 0 Å². The van der Waals surface area contributed by atoms with Crippen molar-refractivity contribution >= 4 is 11.6 Å². The van der Waals surface area contributed by atoms with Gasteiger partial charge < -0.3 is 11.1 Å². The summed E-state index contributed by atoms with van der Waals surface area (Å²) >= 11 is 0. The second-order valence-electron chi connectivity index (χ2n) is 5.11. The van der Waals surface area contributed by atoms with Crippen LogP contribution in [0.15, 0.2) is 24.3 Å². The van der Waals surface area contributed by atoms with Crippen LogP contribution < -0.4 is 11.1 Å². The molecule has 0 aliphatic carbocycles. The number of anilines is 1. The van der Waals surface area contributed by atoms with E-state index >= 15 is 0 Å². The number of carbonyl (C=O) groups is 1. The van der Waals surface area contributed by atoms with Gasteiger partial charge in [0.05, 0.1) is 0 Å². The Balaban J connectivity index is 2.43. The Morgan fingerprint density at radius 3 is 2.56 bits per heavy atom. The summed E-state index contributed by atoms with van der Waals surface area (Å²) in [6, 6.07) is 8.05. The number of hydrogen-bond acceptors (Lipinski definition) is 2. The zero-order valence-electron chi connectivity index (χ0n) is 11.6. The summed E-state index contributed by atoms with van der Waals surface area (Å²) < 4.78 is 0. The molecule has 0 spiro atoms. The van der Waals surface area contributed by atoms with Gasteiger partial charge in [0.2, 0.25) is 5.91 Å². The van der Waals surface area contributed by atoms with Gasteiger partial charge in [-0.15, -0.1) is 0 Å². The molecule has 3 heteroatoms. The molecule has 0 aromatic heterocycles. The van der Waals surface area contributed by atoms with Gasteiger partial charge in [0, 0.05) is 17.6 Å². The van der Waals surface area contributed by atoms with Gasteiger partial charge in [0.15, 0.2) is 0 Å². The lowest BCUT2D eigenvalue weighted by Gasteiger charge is -2.14. The molecular formula is C15H24N2O. The SMILES string of the molecule is Cc1ccccc1NC(=O)C(C)CCCC(C)N. The highest BCUT2D eigenvalue weighted by atomic mass is 16.1. The molecule has 0 saturated heterocycles. The fourth-order valence-electron chi connectivity index (χ4n) is 1.85. The maximum absolute atomic E-state index is 12.0. The topological polar surface area (TPSA) is 55.1 Å². The third kappa shape index (κ3) is 4.88. The third-order valence-electron chi connectivity index (χ3n) is 3.15. The monoisotopic (exact) mass is 248 g/mol. The van der Waals surface area contributed by atoms with Crippen LogP contribution in [0.4, 0.5) is 5.69 Å². The van der Waals surface area contributed by atoms with Gasteiger partial charge in [0.1, 0.15) is 0 Å². The number of nitrogens with one attached hydrogen (secondary N) is 1. The van der Waals surface area contributed by atoms with E-state index in [0.717, 1.165) is 30.5 Å². The van der Waals surface area contributed by atoms with Crippen LogP contribution in [0.5, 0.6) is 0 Å². The van der Waals surface area contributed by atoms with Gasteiger partial charge in [-0.05, 0) is 38.3 Å². The summed E-state index contributed by atoms with van der Waals surface area (Å²) in [5.41, 5.74) is 7.69. The van der Waals surface area contributed by atoms with E-state index in [2.05, 4.69) is 5.32 Å². The minimum absolute atomic E-state index is 0.0309. The smallest absolute Gasteiger partial charge is 0.227 e. The van der Waals surface area contributed by atoms with Crippen LogP contribution in [0.2, 0.25) is 0 Å². The van der Waals surface area contributed by atoms with Gasteiger partial charge in [0.25, 0.3) is 0 Å². The molecule has 2 atom stereocenters. The maximum atomic E-state index is 12.0. The van der Waals surface area contributed by atoms with Crippen molar-refractivity contribution < 1.29 is 4.79 Å². The molecule has 1 aromatic rings. The fraction of sp³-hybridized carbons (Fsp3) is 0.533. The quantitative estimate of drug-likeness (QED) is 0.812. The standard InChI is InChI=1S/C15H24N2O/c1-11-7-4-5-10-14(11)17-15(18)12(2)8-6-9-13(3)16/h4-5,7,10,12-13H,6,8-9,16H2,1-3H3,(H,17,18). The van der Waals surface area contributed by atoms with E-state index in [4.69, 9.17) is 5.73 Å². The van der Waals surface area contributed by atoms with E-state index in [-0.39, 0.29) is 17.9 Å². The van der Waals surface area contributed by atoms with Gasteiger partial charge in [-0.1, -0.05) is 31.5 Å². The van der Waals surface area contributed by atoms with Crippen LogP contribution in [-0.4, -0.2) is 11.9 Å². The Morgan fingerprint density at radius 1 is 1.28 bits per heavy atom. The Bertz CT molecular complexity index is 388. The molecular weight excluding hydrogens is 224 g/mol. The Kier molecular flexibility index (Phi) is 5.86. The molecule has 3 nitrogen and oxygen atoms in total. The molecule has 0 aliphatic rings. The molecule has 1 rings (SSSR count). The summed E-state index contributed by atoms with van der Waals surface area (Å²) in [6.45, 7) is 5.96. The van der Waals surface area contributed by atoms with Crippen molar-refractivity contribution in [3.8, 4) is 0 Å². The molecule has 0 bridgehead atoms. The minimum atomic E-state index is 0.0309. The zero-order valence-corrected chi connectivity index (χ0v) is 11.6. The number of carbonyl (C=O) groups excluding carboxylic acids is 1. The molecule has 3 N–H and O–H groups in total. The molecule has 1 amide bonds. The van der Waals surface area contributed by atoms with Crippen molar-refractivity contribution in [1.29, 1.82) is 0 Å². The lowest BCUT2D eigenvalue weighted by molar-refractivity contribution is -0.119.